The van der Waals surface area contributed by atoms with E-state index in [9.17, 15) is 26.5 Å². The van der Waals surface area contributed by atoms with Crippen LogP contribution in [-0.4, -0.2) is 33.0 Å². The average molecular weight is 561 g/mol. The normalized spacial score (nSPS) is 12.3. The third kappa shape index (κ3) is 5.23. The molecule has 4 rings (SSSR count). The van der Waals surface area contributed by atoms with Crippen LogP contribution in [0.2, 0.25) is 5.02 Å². The minimum atomic E-state index is -4.59. The fourth-order valence-corrected chi connectivity index (χ4v) is 6.05. The number of nitrogen functional groups attached to an aromatic ring is 1. The van der Waals surface area contributed by atoms with Crippen LogP contribution in [0.1, 0.15) is 6.92 Å². The first-order chi connectivity index (χ1) is 17.4. The monoisotopic (exact) mass is 560 g/mol. The van der Waals surface area contributed by atoms with E-state index in [0.29, 0.717) is 5.69 Å². The van der Waals surface area contributed by atoms with Crippen molar-refractivity contribution in [3.8, 4) is 5.75 Å². The molecule has 0 radical (unpaired) electrons. The number of benzene rings is 4. The van der Waals surface area contributed by atoms with Gasteiger partial charge in [-0.15, -0.1) is 10.2 Å². The summed E-state index contributed by atoms with van der Waals surface area (Å²) in [5, 5.41) is 19.2. The smallest absolute Gasteiger partial charge is 0.294 e. The first-order valence-corrected chi connectivity index (χ1v) is 14.0. The molecule has 0 atom stereocenters. The number of azo groups is 1. The Morgan fingerprint density at radius 3 is 2.30 bits per heavy atom. The molecular formula is C24H21ClN4O6S2. The Balaban J connectivity index is 1.87. The second kappa shape index (κ2) is 9.98. The van der Waals surface area contributed by atoms with Crippen molar-refractivity contribution >= 4 is 65.3 Å². The zero-order valence-electron chi connectivity index (χ0n) is 19.3. The van der Waals surface area contributed by atoms with Gasteiger partial charge in [-0.1, -0.05) is 35.9 Å². The minimum Gasteiger partial charge on any atom is -0.507 e. The van der Waals surface area contributed by atoms with Crippen LogP contribution in [-0.2, 0) is 20.1 Å². The van der Waals surface area contributed by atoms with Crippen molar-refractivity contribution in [1.82, 2.24) is 0 Å². The van der Waals surface area contributed by atoms with Gasteiger partial charge in [0.05, 0.1) is 21.7 Å². The molecule has 4 N–H and O–H groups in total. The van der Waals surface area contributed by atoms with E-state index in [1.807, 2.05) is 0 Å². The quantitative estimate of drug-likeness (QED) is 0.149. The van der Waals surface area contributed by atoms with Gasteiger partial charge in [-0.25, -0.2) is 8.42 Å². The Bertz CT molecular complexity index is 1740. The number of phenols is 1. The molecular weight excluding hydrogens is 540 g/mol. The van der Waals surface area contributed by atoms with Crippen LogP contribution in [0.15, 0.2) is 92.8 Å². The van der Waals surface area contributed by atoms with Crippen LogP contribution < -0.4 is 10.0 Å². The molecule has 0 aliphatic rings. The van der Waals surface area contributed by atoms with Crippen molar-refractivity contribution in [2.45, 2.75) is 16.7 Å². The van der Waals surface area contributed by atoms with E-state index < -0.39 is 30.8 Å². The van der Waals surface area contributed by atoms with Gasteiger partial charge in [0.2, 0.25) is 0 Å². The van der Waals surface area contributed by atoms with E-state index >= 15 is 0 Å². The summed E-state index contributed by atoms with van der Waals surface area (Å²) in [6.07, 6.45) is 0. The second-order valence-corrected chi connectivity index (χ2v) is 11.5. The van der Waals surface area contributed by atoms with Crippen molar-refractivity contribution in [2.24, 2.45) is 10.2 Å². The predicted octanol–water partition coefficient (Wildman–Crippen LogP) is 5.66. The number of aromatic hydroxyl groups is 1. The van der Waals surface area contributed by atoms with E-state index in [2.05, 4.69) is 10.2 Å². The summed E-state index contributed by atoms with van der Waals surface area (Å²) < 4.78 is 60.9. The van der Waals surface area contributed by atoms with Crippen LogP contribution in [0.3, 0.4) is 0 Å². The van der Waals surface area contributed by atoms with E-state index in [-0.39, 0.29) is 44.3 Å². The van der Waals surface area contributed by atoms with Gasteiger partial charge in [-0.3, -0.25) is 8.86 Å². The molecule has 0 bridgehead atoms. The SMILES string of the molecule is CCN(c1ccccc1)S(=O)(=O)c1ccc(Cl)cc1N=Nc1c(N)ccc2cc(S(=O)(=O)O)cc(O)c12. The molecule has 0 saturated carbocycles. The summed E-state index contributed by atoms with van der Waals surface area (Å²) in [5.41, 5.74) is 6.49. The number of fused-ring (bicyclic) bond motifs is 1. The lowest BCUT2D eigenvalue weighted by Gasteiger charge is -2.23. The van der Waals surface area contributed by atoms with Crippen LogP contribution >= 0.6 is 11.6 Å². The van der Waals surface area contributed by atoms with Crippen molar-refractivity contribution in [1.29, 1.82) is 0 Å². The Morgan fingerprint density at radius 1 is 0.946 bits per heavy atom. The molecule has 0 saturated heterocycles. The maximum absolute atomic E-state index is 13.6. The number of halogens is 1. The molecule has 0 aliphatic heterocycles. The third-order valence-electron chi connectivity index (χ3n) is 5.45. The Hall–Kier alpha value is -3.71. The highest BCUT2D eigenvalue weighted by Crippen LogP contribution is 2.41. The van der Waals surface area contributed by atoms with Gasteiger partial charge in [0.25, 0.3) is 20.1 Å². The fraction of sp³-hybridized carbons (Fsp3) is 0.0833. The van der Waals surface area contributed by atoms with Crippen molar-refractivity contribution in [3.63, 3.8) is 0 Å². The number of hydrogen-bond donors (Lipinski definition) is 3. The number of nitrogens with two attached hydrogens (primary N) is 1. The van der Waals surface area contributed by atoms with Crippen LogP contribution in [0.5, 0.6) is 5.75 Å². The van der Waals surface area contributed by atoms with Crippen molar-refractivity contribution in [2.75, 3.05) is 16.6 Å². The fourth-order valence-electron chi connectivity index (χ4n) is 3.77. The van der Waals surface area contributed by atoms with Crippen LogP contribution in [0, 0.1) is 0 Å². The molecule has 0 aromatic heterocycles. The zero-order valence-corrected chi connectivity index (χ0v) is 21.7. The number of phenolic OH excluding ortho intramolecular Hbond substituents is 1. The maximum atomic E-state index is 13.6. The number of anilines is 2. The second-order valence-electron chi connectivity index (χ2n) is 7.84. The molecule has 0 spiro atoms. The number of rotatable bonds is 7. The molecule has 0 heterocycles. The van der Waals surface area contributed by atoms with E-state index in [0.717, 1.165) is 12.1 Å². The van der Waals surface area contributed by atoms with Gasteiger partial charge in [-0.05, 0) is 54.8 Å². The number of nitrogens with zero attached hydrogens (tertiary/aromatic N) is 3. The molecule has 4 aromatic carbocycles. The summed E-state index contributed by atoms with van der Waals surface area (Å²) in [7, 11) is -8.68. The van der Waals surface area contributed by atoms with Crippen molar-refractivity contribution in [3.05, 3.63) is 77.8 Å². The number of hydrogen-bond acceptors (Lipinski definition) is 8. The van der Waals surface area contributed by atoms with E-state index in [1.165, 1.54) is 34.6 Å². The molecule has 0 unspecified atom stereocenters. The molecule has 10 nitrogen and oxygen atoms in total. The van der Waals surface area contributed by atoms with Crippen LogP contribution in [0.4, 0.5) is 22.7 Å². The summed E-state index contributed by atoms with van der Waals surface area (Å²) in [5.74, 6) is -0.522. The lowest BCUT2D eigenvalue weighted by Crippen LogP contribution is -2.30. The highest BCUT2D eigenvalue weighted by molar-refractivity contribution is 7.93. The highest BCUT2D eigenvalue weighted by atomic mass is 35.5. The first kappa shape index (κ1) is 26.4. The number of sulfonamides is 1. The van der Waals surface area contributed by atoms with Gasteiger partial charge >= 0.3 is 0 Å². The van der Waals surface area contributed by atoms with Gasteiger partial charge in [-0.2, -0.15) is 8.42 Å². The first-order valence-electron chi connectivity index (χ1n) is 10.7. The summed E-state index contributed by atoms with van der Waals surface area (Å²) >= 11 is 6.14. The standard InChI is InChI=1S/C24H21ClN4O6S2/c1-2-29(17-6-4-3-5-7-17)36(31,32)22-11-9-16(25)13-20(22)27-28-24-19(26)10-8-15-12-18(37(33,34)35)14-21(30)23(15)24/h3-14,30H,2,26H2,1H3,(H,33,34,35). The maximum Gasteiger partial charge on any atom is 0.294 e. The lowest BCUT2D eigenvalue weighted by molar-refractivity contribution is 0.471. The Labute approximate surface area is 218 Å². The topological polar surface area (TPSA) is 163 Å². The van der Waals surface area contributed by atoms with E-state index in [1.54, 1.807) is 37.3 Å². The van der Waals surface area contributed by atoms with Gasteiger partial charge in [0.15, 0.2) is 0 Å². The molecule has 0 aliphatic carbocycles. The largest absolute Gasteiger partial charge is 0.507 e. The predicted molar refractivity (Wildman–Crippen MR) is 142 cm³/mol. The molecule has 192 valence electrons. The Morgan fingerprint density at radius 2 is 1.65 bits per heavy atom. The molecule has 37 heavy (non-hydrogen) atoms. The third-order valence-corrected chi connectivity index (χ3v) is 8.47. The zero-order chi connectivity index (χ0) is 27.0. The van der Waals surface area contributed by atoms with Crippen LogP contribution in [0.25, 0.3) is 10.8 Å². The molecule has 4 aromatic rings. The van der Waals surface area contributed by atoms with Gasteiger partial charge in [0, 0.05) is 17.6 Å². The molecule has 13 heteroatoms. The van der Waals surface area contributed by atoms with Crippen molar-refractivity contribution < 1.29 is 26.5 Å². The van der Waals surface area contributed by atoms with E-state index in [4.69, 9.17) is 17.3 Å². The lowest BCUT2D eigenvalue weighted by atomic mass is 10.1. The highest BCUT2D eigenvalue weighted by Gasteiger charge is 2.27. The number of para-hydroxylation sites is 1. The Kier molecular flexibility index (Phi) is 7.11. The summed E-state index contributed by atoms with van der Waals surface area (Å²) in [6, 6.07) is 17.4. The minimum absolute atomic E-state index is 0.0318. The van der Waals surface area contributed by atoms with Gasteiger partial charge in [0.1, 0.15) is 22.0 Å². The summed E-state index contributed by atoms with van der Waals surface area (Å²) in [4.78, 5) is -0.683. The average Bonchev–Trinajstić information content (AvgIpc) is 2.83. The molecule has 0 amide bonds. The van der Waals surface area contributed by atoms with Gasteiger partial charge < -0.3 is 10.8 Å². The summed E-state index contributed by atoms with van der Waals surface area (Å²) in [6.45, 7) is 1.84. The molecule has 0 fully saturated rings.